The minimum absolute atomic E-state index is 0.266. The average Bonchev–Trinajstić information content (AvgIpc) is 3.16. The number of hydrogen-bond acceptors (Lipinski definition) is 6. The zero-order chi connectivity index (χ0) is 15.8. The Morgan fingerprint density at radius 3 is 3.00 bits per heavy atom. The number of nitrogens with one attached hydrogen (secondary N) is 1. The fourth-order valence-electron chi connectivity index (χ4n) is 3.30. The van der Waals surface area contributed by atoms with Crippen molar-refractivity contribution in [2.24, 2.45) is 7.05 Å². The second kappa shape index (κ2) is 5.88. The molecule has 3 aromatic heterocycles. The van der Waals surface area contributed by atoms with Gasteiger partial charge in [0.15, 0.2) is 0 Å². The molecule has 0 aromatic carbocycles. The normalized spacial score (nSPS) is 15.6. The lowest BCUT2D eigenvalue weighted by Crippen LogP contribution is -2.14. The summed E-state index contributed by atoms with van der Waals surface area (Å²) in [6.07, 6.45) is 8.30. The molecule has 1 aliphatic rings. The monoisotopic (exact) mass is 328 g/mol. The Balaban J connectivity index is 1.62. The maximum atomic E-state index is 4.50. The molecule has 4 rings (SSSR count). The van der Waals surface area contributed by atoms with Crippen molar-refractivity contribution in [2.75, 3.05) is 11.9 Å². The van der Waals surface area contributed by atoms with E-state index in [1.807, 2.05) is 23.0 Å². The van der Waals surface area contributed by atoms with Gasteiger partial charge in [0.2, 0.25) is 0 Å². The van der Waals surface area contributed by atoms with Crippen LogP contribution in [0.3, 0.4) is 0 Å². The van der Waals surface area contributed by atoms with Crippen molar-refractivity contribution in [3.05, 3.63) is 28.9 Å². The predicted molar refractivity (Wildman–Crippen MR) is 92.0 cm³/mol. The van der Waals surface area contributed by atoms with Crippen molar-refractivity contribution in [1.82, 2.24) is 24.7 Å². The van der Waals surface area contributed by atoms with Crippen LogP contribution in [-0.4, -0.2) is 31.3 Å². The molecule has 1 N–H and O–H groups in total. The Morgan fingerprint density at radius 1 is 1.30 bits per heavy atom. The largest absolute Gasteiger partial charge is 0.369 e. The third-order valence-corrected chi connectivity index (χ3v) is 5.71. The van der Waals surface area contributed by atoms with Crippen molar-refractivity contribution in [3.63, 3.8) is 0 Å². The zero-order valence-corrected chi connectivity index (χ0v) is 14.2. The van der Waals surface area contributed by atoms with Gasteiger partial charge in [-0.3, -0.25) is 0 Å². The van der Waals surface area contributed by atoms with Gasteiger partial charge in [0, 0.05) is 24.4 Å². The van der Waals surface area contributed by atoms with Crippen molar-refractivity contribution < 1.29 is 0 Å². The van der Waals surface area contributed by atoms with E-state index in [2.05, 4.69) is 32.4 Å². The Kier molecular flexibility index (Phi) is 3.72. The average molecular weight is 328 g/mol. The maximum Gasteiger partial charge on any atom is 0.138 e. The van der Waals surface area contributed by atoms with E-state index in [0.29, 0.717) is 0 Å². The number of aryl methyl sites for hydroxylation is 3. The first-order chi connectivity index (χ1) is 11.2. The molecule has 0 saturated heterocycles. The van der Waals surface area contributed by atoms with Crippen molar-refractivity contribution in [2.45, 2.75) is 38.5 Å². The molecule has 120 valence electrons. The number of hydrogen-bond donors (Lipinski definition) is 1. The summed E-state index contributed by atoms with van der Waals surface area (Å²) >= 11 is 1.83. The van der Waals surface area contributed by atoms with Crippen LogP contribution in [0.5, 0.6) is 0 Å². The summed E-state index contributed by atoms with van der Waals surface area (Å²) in [6, 6.07) is 0. The lowest BCUT2D eigenvalue weighted by Gasteiger charge is -2.14. The minimum Gasteiger partial charge on any atom is -0.369 e. The van der Waals surface area contributed by atoms with Gasteiger partial charge in [0.1, 0.15) is 29.1 Å². The summed E-state index contributed by atoms with van der Waals surface area (Å²) < 4.78 is 1.97. The van der Waals surface area contributed by atoms with Crippen LogP contribution < -0.4 is 5.32 Å². The third-order valence-electron chi connectivity index (χ3n) is 4.51. The number of nitrogens with zero attached hydrogens (tertiary/aromatic N) is 5. The van der Waals surface area contributed by atoms with Gasteiger partial charge in [0.25, 0.3) is 0 Å². The van der Waals surface area contributed by atoms with E-state index < -0.39 is 0 Å². The third kappa shape index (κ3) is 2.59. The van der Waals surface area contributed by atoms with E-state index >= 15 is 0 Å². The summed E-state index contributed by atoms with van der Waals surface area (Å²) in [5.41, 5.74) is 1.46. The van der Waals surface area contributed by atoms with E-state index in [9.17, 15) is 0 Å². The maximum absolute atomic E-state index is 4.50. The molecule has 23 heavy (non-hydrogen) atoms. The molecule has 7 heteroatoms. The van der Waals surface area contributed by atoms with Gasteiger partial charge in [-0.25, -0.2) is 9.97 Å². The molecule has 6 nitrogen and oxygen atoms in total. The van der Waals surface area contributed by atoms with Crippen LogP contribution >= 0.6 is 11.3 Å². The Morgan fingerprint density at radius 2 is 2.17 bits per heavy atom. The van der Waals surface area contributed by atoms with Crippen LogP contribution in [0, 0.1) is 0 Å². The summed E-state index contributed by atoms with van der Waals surface area (Å²) in [5, 5.41) is 12.9. The van der Waals surface area contributed by atoms with Crippen LogP contribution in [0.1, 0.15) is 41.9 Å². The standard InChI is InChI=1S/C16H20N6S/c1-10(15-21-20-9-22(15)2)7-17-14-13-11-5-3-4-6-12(11)23-16(13)19-8-18-14/h8-10H,3-7H2,1-2H3,(H,17,18,19)/t10-/m1/s1. The zero-order valence-electron chi connectivity index (χ0n) is 13.4. The van der Waals surface area contributed by atoms with E-state index in [4.69, 9.17) is 0 Å². The van der Waals surface area contributed by atoms with Crippen LogP contribution in [0.15, 0.2) is 12.7 Å². The Bertz CT molecular complexity index is 836. The highest BCUT2D eigenvalue weighted by Crippen LogP contribution is 2.38. The molecule has 0 spiro atoms. The van der Waals surface area contributed by atoms with Gasteiger partial charge in [-0.1, -0.05) is 6.92 Å². The fourth-order valence-corrected chi connectivity index (χ4v) is 4.53. The second-order valence-electron chi connectivity index (χ2n) is 6.20. The highest BCUT2D eigenvalue weighted by atomic mass is 32.1. The lowest BCUT2D eigenvalue weighted by atomic mass is 9.97. The molecule has 0 fully saturated rings. The van der Waals surface area contributed by atoms with Gasteiger partial charge in [0.05, 0.1) is 5.39 Å². The van der Waals surface area contributed by atoms with Gasteiger partial charge in [-0.05, 0) is 31.2 Å². The van der Waals surface area contributed by atoms with Crippen LogP contribution in [0.4, 0.5) is 5.82 Å². The number of rotatable bonds is 4. The number of thiophene rings is 1. The molecule has 0 amide bonds. The van der Waals surface area contributed by atoms with E-state index in [1.165, 1.54) is 35.1 Å². The molecule has 0 saturated carbocycles. The molecule has 3 heterocycles. The number of aromatic nitrogens is 5. The van der Waals surface area contributed by atoms with E-state index in [0.717, 1.165) is 29.4 Å². The minimum atomic E-state index is 0.266. The Hall–Kier alpha value is -2.02. The summed E-state index contributed by atoms with van der Waals surface area (Å²) in [5.74, 6) is 2.21. The van der Waals surface area contributed by atoms with E-state index in [-0.39, 0.29) is 5.92 Å². The Labute approximate surface area is 139 Å². The van der Waals surface area contributed by atoms with Gasteiger partial charge in [-0.2, -0.15) is 0 Å². The van der Waals surface area contributed by atoms with Crippen LogP contribution in [-0.2, 0) is 19.9 Å². The van der Waals surface area contributed by atoms with Crippen LogP contribution in [0.2, 0.25) is 0 Å². The highest BCUT2D eigenvalue weighted by Gasteiger charge is 2.20. The quantitative estimate of drug-likeness (QED) is 0.797. The van der Waals surface area contributed by atoms with E-state index in [1.54, 1.807) is 12.7 Å². The predicted octanol–water partition coefficient (Wildman–Crippen LogP) is 2.91. The van der Waals surface area contributed by atoms with Gasteiger partial charge >= 0.3 is 0 Å². The van der Waals surface area contributed by atoms with Crippen molar-refractivity contribution in [1.29, 1.82) is 0 Å². The summed E-state index contributed by atoms with van der Waals surface area (Å²) in [4.78, 5) is 11.6. The molecule has 3 aromatic rings. The number of fused-ring (bicyclic) bond motifs is 3. The molecule has 1 atom stereocenters. The SMILES string of the molecule is C[C@H](CNc1ncnc2sc3c(c12)CCCC3)c1nncn1C. The second-order valence-corrected chi connectivity index (χ2v) is 7.28. The molecular weight excluding hydrogens is 308 g/mol. The molecule has 0 unspecified atom stereocenters. The first-order valence-electron chi connectivity index (χ1n) is 8.07. The lowest BCUT2D eigenvalue weighted by molar-refractivity contribution is 0.680. The number of anilines is 1. The molecule has 0 aliphatic heterocycles. The smallest absolute Gasteiger partial charge is 0.138 e. The summed E-state index contributed by atoms with van der Waals surface area (Å²) in [7, 11) is 1.98. The van der Waals surface area contributed by atoms with Gasteiger partial charge in [-0.15, -0.1) is 21.5 Å². The highest BCUT2D eigenvalue weighted by molar-refractivity contribution is 7.19. The van der Waals surface area contributed by atoms with Crippen LogP contribution in [0.25, 0.3) is 10.2 Å². The molecule has 0 radical (unpaired) electrons. The first kappa shape index (κ1) is 14.6. The van der Waals surface area contributed by atoms with Gasteiger partial charge < -0.3 is 9.88 Å². The summed E-state index contributed by atoms with van der Waals surface area (Å²) in [6.45, 7) is 2.93. The molecule has 0 bridgehead atoms. The topological polar surface area (TPSA) is 68.5 Å². The first-order valence-corrected chi connectivity index (χ1v) is 8.88. The molecule has 1 aliphatic carbocycles. The fraction of sp³-hybridized carbons (Fsp3) is 0.500. The molecular formula is C16H20N6S. The van der Waals surface area contributed by atoms with Crippen molar-refractivity contribution >= 4 is 27.4 Å². The van der Waals surface area contributed by atoms with Crippen molar-refractivity contribution in [3.8, 4) is 0 Å².